The van der Waals surface area contributed by atoms with Crippen LogP contribution in [0.15, 0.2) is 0 Å². The van der Waals surface area contributed by atoms with E-state index in [1.807, 2.05) is 0 Å². The second-order valence-electron chi connectivity index (χ2n) is 10.7. The monoisotopic (exact) mass is 529 g/mol. The Morgan fingerprint density at radius 3 is 1.49 bits per heavy atom. The first-order valence-corrected chi connectivity index (χ1v) is 12.8. The summed E-state index contributed by atoms with van der Waals surface area (Å²) in [6, 6.07) is -1.21. The third-order valence-electron chi connectivity index (χ3n) is 5.49. The molecule has 1 amide bonds. The zero-order valence-electron chi connectivity index (χ0n) is 23.6. The fourth-order valence-corrected chi connectivity index (χ4v) is 3.03. The lowest BCUT2D eigenvalue weighted by atomic mass is 9.95. The van der Waals surface area contributed by atoms with Crippen molar-refractivity contribution >= 4 is 29.8 Å². The Hall–Kier alpha value is -2.69. The van der Waals surface area contributed by atoms with E-state index in [-0.39, 0.29) is 6.61 Å². The van der Waals surface area contributed by atoms with Crippen molar-refractivity contribution in [2.24, 2.45) is 29.6 Å². The highest BCUT2D eigenvalue weighted by atomic mass is 16.7. The molecule has 37 heavy (non-hydrogen) atoms. The van der Waals surface area contributed by atoms with Crippen LogP contribution in [-0.4, -0.2) is 67.0 Å². The molecule has 0 aromatic heterocycles. The van der Waals surface area contributed by atoms with Crippen LogP contribution in [-0.2, 0) is 47.7 Å². The van der Waals surface area contributed by atoms with E-state index in [1.54, 1.807) is 69.2 Å². The highest BCUT2D eigenvalue weighted by molar-refractivity contribution is 5.79. The maximum Gasteiger partial charge on any atom is 0.310 e. The molecular formula is C26H43NO10. The average molecular weight is 530 g/mol. The SMILES string of the molecule is CC(C)C(=O)NC1[C@@H](OC(=O)C(C)C)OC(COC(=O)C(C)C)[C@@H](OC(=O)C(C)C)[C@@H]1OC(=O)C(C)C. The van der Waals surface area contributed by atoms with E-state index >= 15 is 0 Å². The molecule has 5 atom stereocenters. The first-order chi connectivity index (χ1) is 17.1. The van der Waals surface area contributed by atoms with Gasteiger partial charge in [0.15, 0.2) is 12.2 Å². The number of hydrogen-bond donors (Lipinski definition) is 1. The second kappa shape index (κ2) is 14.3. The van der Waals surface area contributed by atoms with Gasteiger partial charge in [-0.05, 0) is 0 Å². The molecule has 0 aromatic rings. The van der Waals surface area contributed by atoms with Gasteiger partial charge in [0.25, 0.3) is 0 Å². The molecule has 1 fully saturated rings. The Kier molecular flexibility index (Phi) is 12.5. The highest BCUT2D eigenvalue weighted by Crippen LogP contribution is 2.30. The van der Waals surface area contributed by atoms with Crippen molar-refractivity contribution in [2.45, 2.75) is 99.9 Å². The molecule has 0 aromatic carbocycles. The molecule has 1 heterocycles. The second-order valence-corrected chi connectivity index (χ2v) is 10.7. The van der Waals surface area contributed by atoms with Gasteiger partial charge in [-0.15, -0.1) is 0 Å². The van der Waals surface area contributed by atoms with Crippen LogP contribution in [0.3, 0.4) is 0 Å². The highest BCUT2D eigenvalue weighted by Gasteiger charge is 2.53. The van der Waals surface area contributed by atoms with Gasteiger partial charge in [-0.1, -0.05) is 69.2 Å². The molecule has 0 spiro atoms. The summed E-state index contributed by atoms with van der Waals surface area (Å²) >= 11 is 0. The van der Waals surface area contributed by atoms with Crippen molar-refractivity contribution in [2.75, 3.05) is 6.61 Å². The van der Waals surface area contributed by atoms with E-state index < -0.39 is 90.0 Å². The minimum Gasteiger partial charge on any atom is -0.463 e. The van der Waals surface area contributed by atoms with Gasteiger partial charge < -0.3 is 29.0 Å². The summed E-state index contributed by atoms with van der Waals surface area (Å²) in [7, 11) is 0. The molecule has 0 radical (unpaired) electrons. The Morgan fingerprint density at radius 1 is 0.622 bits per heavy atom. The van der Waals surface area contributed by atoms with Crippen LogP contribution in [0.5, 0.6) is 0 Å². The Balaban J connectivity index is 3.59. The summed E-state index contributed by atoms with van der Waals surface area (Å²) in [6.45, 7) is 16.0. The van der Waals surface area contributed by atoms with Gasteiger partial charge in [-0.25, -0.2) is 0 Å². The number of carbonyl (C=O) groups is 5. The molecule has 212 valence electrons. The molecular weight excluding hydrogens is 486 g/mol. The van der Waals surface area contributed by atoms with E-state index in [0.717, 1.165) is 0 Å². The summed E-state index contributed by atoms with van der Waals surface area (Å²) in [5.74, 6) is -5.37. The van der Waals surface area contributed by atoms with E-state index in [0.29, 0.717) is 0 Å². The Labute approximate surface area is 219 Å². The largest absolute Gasteiger partial charge is 0.463 e. The number of carbonyl (C=O) groups excluding carboxylic acids is 5. The maximum absolute atomic E-state index is 12.7. The van der Waals surface area contributed by atoms with Gasteiger partial charge in [0.2, 0.25) is 12.2 Å². The summed E-state index contributed by atoms with van der Waals surface area (Å²) in [5.41, 5.74) is 0. The van der Waals surface area contributed by atoms with Gasteiger partial charge in [0.1, 0.15) is 18.8 Å². The molecule has 1 saturated heterocycles. The van der Waals surface area contributed by atoms with Gasteiger partial charge >= 0.3 is 23.9 Å². The zero-order chi connectivity index (χ0) is 28.6. The molecule has 11 heteroatoms. The Bertz CT molecular complexity index is 820. The van der Waals surface area contributed by atoms with Crippen molar-refractivity contribution in [3.8, 4) is 0 Å². The van der Waals surface area contributed by atoms with Gasteiger partial charge in [0, 0.05) is 5.92 Å². The van der Waals surface area contributed by atoms with Gasteiger partial charge in [0.05, 0.1) is 23.7 Å². The van der Waals surface area contributed by atoms with Gasteiger partial charge in [-0.2, -0.15) is 0 Å². The molecule has 1 rings (SSSR count). The first kappa shape index (κ1) is 32.3. The maximum atomic E-state index is 12.7. The summed E-state index contributed by atoms with van der Waals surface area (Å²) in [4.78, 5) is 62.8. The summed E-state index contributed by atoms with van der Waals surface area (Å²) in [6.07, 6.45) is -5.15. The van der Waals surface area contributed by atoms with Crippen LogP contribution in [0.4, 0.5) is 0 Å². The summed E-state index contributed by atoms with van der Waals surface area (Å²) in [5, 5.41) is 2.73. The fraction of sp³-hybridized carbons (Fsp3) is 0.808. The molecule has 2 unspecified atom stereocenters. The molecule has 1 N–H and O–H groups in total. The van der Waals surface area contributed by atoms with Crippen molar-refractivity contribution in [3.05, 3.63) is 0 Å². The zero-order valence-corrected chi connectivity index (χ0v) is 23.6. The minimum absolute atomic E-state index is 0.372. The number of nitrogens with one attached hydrogen (secondary N) is 1. The fourth-order valence-electron chi connectivity index (χ4n) is 3.03. The predicted molar refractivity (Wildman–Crippen MR) is 132 cm³/mol. The number of rotatable bonds is 11. The van der Waals surface area contributed by atoms with Crippen LogP contribution in [0.25, 0.3) is 0 Å². The molecule has 0 bridgehead atoms. The number of ether oxygens (including phenoxy) is 5. The number of esters is 4. The third-order valence-corrected chi connectivity index (χ3v) is 5.49. The van der Waals surface area contributed by atoms with Crippen molar-refractivity contribution in [1.29, 1.82) is 0 Å². The lowest BCUT2D eigenvalue weighted by Crippen LogP contribution is -2.67. The standard InChI is InChI=1S/C26H43NO10/c1-12(2)21(28)27-18-20(36-24(31)15(7)8)19(35-23(30)14(5)6)17(11-33-22(29)13(3)4)34-26(18)37-25(32)16(9)10/h12-20,26H,11H2,1-10H3,(H,27,28)/t17?,18?,19-,20-,26-/m1/s1. The first-order valence-electron chi connectivity index (χ1n) is 12.8. The van der Waals surface area contributed by atoms with Crippen LogP contribution < -0.4 is 5.32 Å². The van der Waals surface area contributed by atoms with E-state index in [4.69, 9.17) is 23.7 Å². The lowest BCUT2D eigenvalue weighted by Gasteiger charge is -2.45. The van der Waals surface area contributed by atoms with Crippen LogP contribution >= 0.6 is 0 Å². The predicted octanol–water partition coefficient (Wildman–Crippen LogP) is 2.39. The normalized spacial score (nSPS) is 23.8. The van der Waals surface area contributed by atoms with Crippen molar-refractivity contribution in [3.63, 3.8) is 0 Å². The van der Waals surface area contributed by atoms with Crippen molar-refractivity contribution < 1.29 is 47.7 Å². The topological polar surface area (TPSA) is 144 Å². The van der Waals surface area contributed by atoms with Gasteiger partial charge in [-0.3, -0.25) is 24.0 Å². The molecule has 0 aliphatic carbocycles. The van der Waals surface area contributed by atoms with E-state index in [9.17, 15) is 24.0 Å². The number of amides is 1. The lowest BCUT2D eigenvalue weighted by molar-refractivity contribution is -0.274. The molecule has 11 nitrogen and oxygen atoms in total. The van der Waals surface area contributed by atoms with E-state index in [1.165, 1.54) is 0 Å². The molecule has 0 saturated carbocycles. The average Bonchev–Trinajstić information content (AvgIpc) is 2.80. The van der Waals surface area contributed by atoms with Crippen molar-refractivity contribution in [1.82, 2.24) is 5.32 Å². The molecule has 1 aliphatic rings. The van der Waals surface area contributed by atoms with Crippen LogP contribution in [0.1, 0.15) is 69.2 Å². The van der Waals surface area contributed by atoms with Crippen LogP contribution in [0, 0.1) is 29.6 Å². The third kappa shape index (κ3) is 9.60. The van der Waals surface area contributed by atoms with Crippen LogP contribution in [0.2, 0.25) is 0 Å². The minimum atomic E-state index is -1.42. The number of hydrogen-bond acceptors (Lipinski definition) is 10. The van der Waals surface area contributed by atoms with E-state index in [2.05, 4.69) is 5.32 Å². The summed E-state index contributed by atoms with van der Waals surface area (Å²) < 4.78 is 28.3. The quantitative estimate of drug-likeness (QED) is 0.313. The molecule has 1 aliphatic heterocycles. The smallest absolute Gasteiger partial charge is 0.310 e. The Morgan fingerprint density at radius 2 is 1.05 bits per heavy atom.